The lowest BCUT2D eigenvalue weighted by Crippen LogP contribution is -2.47. The Kier molecular flexibility index (Phi) is 3.96. The van der Waals surface area contributed by atoms with Crippen molar-refractivity contribution >= 4 is 11.8 Å². The van der Waals surface area contributed by atoms with E-state index < -0.39 is 0 Å². The average molecular weight is 284 g/mol. The Hall–Kier alpha value is -2.21. The van der Waals surface area contributed by atoms with Gasteiger partial charge in [-0.25, -0.2) is 15.0 Å². The molecule has 1 fully saturated rings. The highest BCUT2D eigenvalue weighted by Gasteiger charge is 2.20. The van der Waals surface area contributed by atoms with Crippen molar-refractivity contribution in [1.82, 2.24) is 15.0 Å². The van der Waals surface area contributed by atoms with Crippen LogP contribution in [0.1, 0.15) is 11.3 Å². The van der Waals surface area contributed by atoms with Gasteiger partial charge in [-0.05, 0) is 30.7 Å². The van der Waals surface area contributed by atoms with E-state index >= 15 is 0 Å². The minimum atomic E-state index is 0.550. The molecule has 0 radical (unpaired) electrons. The number of piperazine rings is 1. The molecule has 0 bridgehead atoms. The summed E-state index contributed by atoms with van der Waals surface area (Å²) in [5.74, 6) is 1.82. The number of nitrogens with zero attached hydrogens (tertiary/aromatic N) is 5. The van der Waals surface area contributed by atoms with Gasteiger partial charge in [0.25, 0.3) is 0 Å². The van der Waals surface area contributed by atoms with Gasteiger partial charge in [0, 0.05) is 50.8 Å². The number of rotatable bonds is 3. The summed E-state index contributed by atoms with van der Waals surface area (Å²) >= 11 is 0. The van der Waals surface area contributed by atoms with Crippen molar-refractivity contribution in [3.8, 4) is 0 Å². The van der Waals surface area contributed by atoms with Gasteiger partial charge in [0.1, 0.15) is 5.82 Å². The van der Waals surface area contributed by atoms with Crippen LogP contribution in [0.4, 0.5) is 11.8 Å². The first-order valence-electron chi connectivity index (χ1n) is 7.21. The molecule has 6 nitrogen and oxygen atoms in total. The predicted octanol–water partition coefficient (Wildman–Crippen LogP) is 0.965. The van der Waals surface area contributed by atoms with Gasteiger partial charge in [-0.15, -0.1) is 0 Å². The highest BCUT2D eigenvalue weighted by atomic mass is 15.3. The number of hydrogen-bond donors (Lipinski definition) is 1. The molecule has 0 unspecified atom stereocenters. The van der Waals surface area contributed by atoms with E-state index in [1.165, 1.54) is 0 Å². The van der Waals surface area contributed by atoms with Gasteiger partial charge in [-0.3, -0.25) is 0 Å². The standard InChI is InChI=1S/C15H20N6/c1-12-9-13(11-16)10-14(19-12)20-5-7-21(8-6-20)15-17-3-2-4-18-15/h2-4,9-10H,5-8,11,16H2,1H3. The number of pyridine rings is 1. The molecule has 1 aliphatic rings. The fourth-order valence-electron chi connectivity index (χ4n) is 2.59. The molecule has 0 saturated carbocycles. The zero-order chi connectivity index (χ0) is 14.7. The maximum Gasteiger partial charge on any atom is 0.225 e. The summed E-state index contributed by atoms with van der Waals surface area (Å²) in [4.78, 5) is 17.7. The first-order chi connectivity index (χ1) is 10.3. The van der Waals surface area contributed by atoms with Crippen LogP contribution in [-0.4, -0.2) is 41.1 Å². The molecule has 3 heterocycles. The van der Waals surface area contributed by atoms with Gasteiger partial charge in [0.15, 0.2) is 0 Å². The molecular formula is C15H20N6. The molecule has 6 heteroatoms. The second kappa shape index (κ2) is 6.05. The zero-order valence-electron chi connectivity index (χ0n) is 12.2. The molecule has 1 aliphatic heterocycles. The van der Waals surface area contributed by atoms with Crippen LogP contribution < -0.4 is 15.5 Å². The number of nitrogens with two attached hydrogens (primary N) is 1. The topological polar surface area (TPSA) is 71.2 Å². The van der Waals surface area contributed by atoms with E-state index in [0.717, 1.165) is 49.2 Å². The van der Waals surface area contributed by atoms with Gasteiger partial charge < -0.3 is 15.5 Å². The normalized spacial score (nSPS) is 15.3. The Bertz CT molecular complexity index is 592. The predicted molar refractivity (Wildman–Crippen MR) is 83.3 cm³/mol. The number of anilines is 2. The number of aryl methyl sites for hydroxylation is 1. The summed E-state index contributed by atoms with van der Waals surface area (Å²) in [6.45, 7) is 6.19. The Labute approximate surface area is 124 Å². The molecule has 0 spiro atoms. The van der Waals surface area contributed by atoms with Crippen molar-refractivity contribution in [2.24, 2.45) is 5.73 Å². The van der Waals surface area contributed by atoms with Crippen LogP contribution in [0.25, 0.3) is 0 Å². The fraction of sp³-hybridized carbons (Fsp3) is 0.400. The van der Waals surface area contributed by atoms with E-state index in [2.05, 4.69) is 30.8 Å². The minimum absolute atomic E-state index is 0.550. The van der Waals surface area contributed by atoms with E-state index in [4.69, 9.17) is 5.73 Å². The van der Waals surface area contributed by atoms with Crippen molar-refractivity contribution < 1.29 is 0 Å². The van der Waals surface area contributed by atoms with E-state index in [0.29, 0.717) is 6.54 Å². The third kappa shape index (κ3) is 3.11. The van der Waals surface area contributed by atoms with Crippen LogP contribution in [0.2, 0.25) is 0 Å². The van der Waals surface area contributed by atoms with Crippen LogP contribution in [0.5, 0.6) is 0 Å². The van der Waals surface area contributed by atoms with Crippen LogP contribution in [-0.2, 0) is 6.54 Å². The second-order valence-electron chi connectivity index (χ2n) is 5.20. The molecule has 3 rings (SSSR count). The minimum Gasteiger partial charge on any atom is -0.353 e. The smallest absolute Gasteiger partial charge is 0.225 e. The molecule has 2 N–H and O–H groups in total. The van der Waals surface area contributed by atoms with E-state index in [-0.39, 0.29) is 0 Å². The van der Waals surface area contributed by atoms with Gasteiger partial charge in [-0.1, -0.05) is 0 Å². The van der Waals surface area contributed by atoms with Crippen molar-refractivity contribution in [1.29, 1.82) is 0 Å². The van der Waals surface area contributed by atoms with Crippen molar-refractivity contribution in [3.63, 3.8) is 0 Å². The molecular weight excluding hydrogens is 264 g/mol. The zero-order valence-corrected chi connectivity index (χ0v) is 12.2. The van der Waals surface area contributed by atoms with Crippen molar-refractivity contribution in [3.05, 3.63) is 41.9 Å². The maximum absolute atomic E-state index is 5.74. The first-order valence-corrected chi connectivity index (χ1v) is 7.21. The molecule has 2 aromatic heterocycles. The third-order valence-corrected chi connectivity index (χ3v) is 3.67. The summed E-state index contributed by atoms with van der Waals surface area (Å²) < 4.78 is 0. The molecule has 0 amide bonds. The second-order valence-corrected chi connectivity index (χ2v) is 5.20. The average Bonchev–Trinajstić information content (AvgIpc) is 2.55. The van der Waals surface area contributed by atoms with Gasteiger partial charge in [-0.2, -0.15) is 0 Å². The summed E-state index contributed by atoms with van der Waals surface area (Å²) in [5.41, 5.74) is 7.89. The fourth-order valence-corrected chi connectivity index (χ4v) is 2.59. The molecule has 1 saturated heterocycles. The molecule has 0 aromatic carbocycles. The lowest BCUT2D eigenvalue weighted by atomic mass is 10.2. The SMILES string of the molecule is Cc1cc(CN)cc(N2CCN(c3ncccn3)CC2)n1. The van der Waals surface area contributed by atoms with Crippen LogP contribution in [0.3, 0.4) is 0 Å². The summed E-state index contributed by atoms with van der Waals surface area (Å²) in [5, 5.41) is 0. The van der Waals surface area contributed by atoms with E-state index in [1.807, 2.05) is 19.1 Å². The monoisotopic (exact) mass is 284 g/mol. The lowest BCUT2D eigenvalue weighted by Gasteiger charge is -2.35. The summed E-state index contributed by atoms with van der Waals surface area (Å²) in [7, 11) is 0. The van der Waals surface area contributed by atoms with Gasteiger partial charge in [0.05, 0.1) is 0 Å². The highest BCUT2D eigenvalue weighted by molar-refractivity contribution is 5.45. The van der Waals surface area contributed by atoms with Crippen LogP contribution >= 0.6 is 0 Å². The van der Waals surface area contributed by atoms with Gasteiger partial charge in [0.2, 0.25) is 5.95 Å². The molecule has 21 heavy (non-hydrogen) atoms. The molecule has 0 atom stereocenters. The molecule has 110 valence electrons. The Balaban J connectivity index is 1.70. The molecule has 0 aliphatic carbocycles. The van der Waals surface area contributed by atoms with E-state index in [9.17, 15) is 0 Å². The number of aromatic nitrogens is 3. The quantitative estimate of drug-likeness (QED) is 0.905. The van der Waals surface area contributed by atoms with Crippen LogP contribution in [0, 0.1) is 6.92 Å². The Morgan fingerprint density at radius 2 is 1.71 bits per heavy atom. The van der Waals surface area contributed by atoms with Crippen molar-refractivity contribution in [2.75, 3.05) is 36.0 Å². The largest absolute Gasteiger partial charge is 0.353 e. The van der Waals surface area contributed by atoms with E-state index in [1.54, 1.807) is 12.4 Å². The van der Waals surface area contributed by atoms with Crippen molar-refractivity contribution in [2.45, 2.75) is 13.5 Å². The highest BCUT2D eigenvalue weighted by Crippen LogP contribution is 2.18. The first kappa shape index (κ1) is 13.8. The molecule has 2 aromatic rings. The van der Waals surface area contributed by atoms with Gasteiger partial charge >= 0.3 is 0 Å². The maximum atomic E-state index is 5.74. The number of hydrogen-bond acceptors (Lipinski definition) is 6. The Morgan fingerprint density at radius 3 is 2.38 bits per heavy atom. The Morgan fingerprint density at radius 1 is 1.05 bits per heavy atom. The van der Waals surface area contributed by atoms with Crippen LogP contribution in [0.15, 0.2) is 30.6 Å². The summed E-state index contributed by atoms with van der Waals surface area (Å²) in [6, 6.07) is 5.96. The lowest BCUT2D eigenvalue weighted by molar-refractivity contribution is 0.633. The summed E-state index contributed by atoms with van der Waals surface area (Å²) in [6.07, 6.45) is 3.56. The third-order valence-electron chi connectivity index (χ3n) is 3.67.